The third kappa shape index (κ3) is 3.11. The number of anilines is 1. The SMILES string of the molecule is O=C(Nc1cc(C2CC2)ccc1I)C(F)(F)F. The highest BCUT2D eigenvalue weighted by Gasteiger charge is 2.39. The molecule has 1 fully saturated rings. The summed E-state index contributed by atoms with van der Waals surface area (Å²) < 4.78 is 37.0. The number of carbonyl (C=O) groups is 1. The molecule has 1 N–H and O–H groups in total. The van der Waals surface area contributed by atoms with E-state index in [0.717, 1.165) is 18.4 Å². The van der Waals surface area contributed by atoms with E-state index in [4.69, 9.17) is 0 Å². The van der Waals surface area contributed by atoms with Crippen molar-refractivity contribution in [3.63, 3.8) is 0 Å². The Morgan fingerprint density at radius 2 is 2.00 bits per heavy atom. The van der Waals surface area contributed by atoms with Crippen molar-refractivity contribution in [1.29, 1.82) is 0 Å². The monoisotopic (exact) mass is 355 g/mol. The van der Waals surface area contributed by atoms with Gasteiger partial charge in [-0.15, -0.1) is 0 Å². The Bertz CT molecular complexity index is 455. The van der Waals surface area contributed by atoms with Gasteiger partial charge in [-0.05, 0) is 59.0 Å². The van der Waals surface area contributed by atoms with Crippen LogP contribution in [0.1, 0.15) is 24.3 Å². The number of carbonyl (C=O) groups excluding carboxylic acids is 1. The summed E-state index contributed by atoms with van der Waals surface area (Å²) in [6.07, 6.45) is -2.72. The Balaban J connectivity index is 2.19. The van der Waals surface area contributed by atoms with Crippen molar-refractivity contribution in [3.8, 4) is 0 Å². The van der Waals surface area contributed by atoms with Crippen molar-refractivity contribution in [1.82, 2.24) is 0 Å². The van der Waals surface area contributed by atoms with Crippen LogP contribution >= 0.6 is 22.6 Å². The third-order valence-electron chi connectivity index (χ3n) is 2.54. The predicted molar refractivity (Wildman–Crippen MR) is 65.8 cm³/mol. The number of alkyl halides is 3. The standard InChI is InChI=1S/C11H9F3INO/c12-11(13,14)10(17)16-9-5-7(6-1-2-6)3-4-8(9)15/h3-6H,1-2H2,(H,16,17). The zero-order valence-corrected chi connectivity index (χ0v) is 10.8. The van der Waals surface area contributed by atoms with Crippen LogP contribution in [0.25, 0.3) is 0 Å². The number of halogens is 4. The summed E-state index contributed by atoms with van der Waals surface area (Å²) in [6, 6.07) is 5.24. The van der Waals surface area contributed by atoms with Gasteiger partial charge in [-0.25, -0.2) is 0 Å². The van der Waals surface area contributed by atoms with Crippen LogP contribution in [0.15, 0.2) is 18.2 Å². The van der Waals surface area contributed by atoms with E-state index in [9.17, 15) is 18.0 Å². The fourth-order valence-electron chi connectivity index (χ4n) is 1.50. The van der Waals surface area contributed by atoms with Gasteiger partial charge in [-0.2, -0.15) is 13.2 Å². The molecule has 0 atom stereocenters. The zero-order chi connectivity index (χ0) is 12.6. The van der Waals surface area contributed by atoms with Crippen molar-refractivity contribution in [2.45, 2.75) is 24.9 Å². The lowest BCUT2D eigenvalue weighted by Gasteiger charge is -2.11. The number of nitrogens with one attached hydrogen (secondary N) is 1. The van der Waals surface area contributed by atoms with Crippen LogP contribution in [-0.2, 0) is 4.79 Å². The van der Waals surface area contributed by atoms with E-state index in [2.05, 4.69) is 0 Å². The lowest BCUT2D eigenvalue weighted by atomic mass is 10.1. The molecule has 0 heterocycles. The van der Waals surface area contributed by atoms with Crippen molar-refractivity contribution in [2.75, 3.05) is 5.32 Å². The van der Waals surface area contributed by atoms with Gasteiger partial charge in [-0.3, -0.25) is 4.79 Å². The van der Waals surface area contributed by atoms with Crippen LogP contribution in [0, 0.1) is 3.57 Å². The molecule has 0 unspecified atom stereocenters. The minimum atomic E-state index is -4.85. The molecule has 1 aromatic carbocycles. The second-order valence-corrected chi connectivity index (χ2v) is 5.13. The van der Waals surface area contributed by atoms with Crippen molar-refractivity contribution in [2.24, 2.45) is 0 Å². The molecular weight excluding hydrogens is 346 g/mol. The van der Waals surface area contributed by atoms with E-state index in [0.29, 0.717) is 9.49 Å². The Labute approximate surface area is 110 Å². The summed E-state index contributed by atoms with van der Waals surface area (Å²) in [4.78, 5) is 10.8. The second kappa shape index (κ2) is 4.47. The molecule has 1 aliphatic rings. The Morgan fingerprint density at radius 3 is 2.53 bits per heavy atom. The van der Waals surface area contributed by atoms with Gasteiger partial charge in [0, 0.05) is 3.57 Å². The summed E-state index contributed by atoms with van der Waals surface area (Å²) in [7, 11) is 0. The second-order valence-electron chi connectivity index (χ2n) is 3.97. The van der Waals surface area contributed by atoms with Crippen LogP contribution in [0.4, 0.5) is 18.9 Å². The molecule has 17 heavy (non-hydrogen) atoms. The normalized spacial score (nSPS) is 15.8. The molecule has 0 aliphatic heterocycles. The quantitative estimate of drug-likeness (QED) is 0.806. The maximum atomic E-state index is 12.1. The highest BCUT2D eigenvalue weighted by atomic mass is 127. The Morgan fingerprint density at radius 1 is 1.35 bits per heavy atom. The van der Waals surface area contributed by atoms with Crippen LogP contribution in [0.2, 0.25) is 0 Å². The highest BCUT2D eigenvalue weighted by molar-refractivity contribution is 14.1. The first-order valence-corrected chi connectivity index (χ1v) is 6.13. The summed E-state index contributed by atoms with van der Waals surface area (Å²) >= 11 is 1.90. The van der Waals surface area contributed by atoms with Gasteiger partial charge in [0.15, 0.2) is 0 Å². The summed E-state index contributed by atoms with van der Waals surface area (Å²) in [6.45, 7) is 0. The van der Waals surface area contributed by atoms with E-state index in [1.807, 2.05) is 34.0 Å². The van der Waals surface area contributed by atoms with E-state index < -0.39 is 12.1 Å². The molecule has 2 nitrogen and oxygen atoms in total. The molecule has 1 aromatic rings. The van der Waals surface area contributed by atoms with E-state index in [1.165, 1.54) is 0 Å². The first-order chi connectivity index (χ1) is 7.88. The number of hydrogen-bond acceptors (Lipinski definition) is 1. The molecule has 0 saturated heterocycles. The van der Waals surface area contributed by atoms with Crippen molar-refractivity contribution < 1.29 is 18.0 Å². The van der Waals surface area contributed by atoms with Gasteiger partial charge in [0.1, 0.15) is 0 Å². The van der Waals surface area contributed by atoms with Crippen molar-refractivity contribution >= 4 is 34.2 Å². The third-order valence-corrected chi connectivity index (χ3v) is 3.49. The van der Waals surface area contributed by atoms with E-state index in [-0.39, 0.29) is 5.69 Å². The van der Waals surface area contributed by atoms with Crippen LogP contribution in [0.3, 0.4) is 0 Å². The topological polar surface area (TPSA) is 29.1 Å². The molecule has 1 aliphatic carbocycles. The van der Waals surface area contributed by atoms with Crippen molar-refractivity contribution in [3.05, 3.63) is 27.3 Å². The number of hydrogen-bond donors (Lipinski definition) is 1. The first-order valence-electron chi connectivity index (χ1n) is 5.05. The predicted octanol–water partition coefficient (Wildman–Crippen LogP) is 3.67. The zero-order valence-electron chi connectivity index (χ0n) is 8.64. The molecule has 0 spiro atoms. The lowest BCUT2D eigenvalue weighted by molar-refractivity contribution is -0.167. The van der Waals surface area contributed by atoms with Crippen LogP contribution < -0.4 is 5.32 Å². The number of rotatable bonds is 2. The molecule has 0 bridgehead atoms. The molecule has 1 saturated carbocycles. The van der Waals surface area contributed by atoms with Gasteiger partial charge in [0.2, 0.25) is 0 Å². The minimum Gasteiger partial charge on any atom is -0.317 e. The van der Waals surface area contributed by atoms with Gasteiger partial charge < -0.3 is 5.32 Å². The molecular formula is C11H9F3INO. The smallest absolute Gasteiger partial charge is 0.317 e. The lowest BCUT2D eigenvalue weighted by Crippen LogP contribution is -2.30. The summed E-state index contributed by atoms with van der Waals surface area (Å²) in [5, 5.41) is 1.90. The molecule has 0 radical (unpaired) electrons. The average Bonchev–Trinajstić information content (AvgIpc) is 3.03. The van der Waals surface area contributed by atoms with Gasteiger partial charge >= 0.3 is 12.1 Å². The maximum Gasteiger partial charge on any atom is 0.471 e. The maximum absolute atomic E-state index is 12.1. The molecule has 6 heteroatoms. The van der Waals surface area contributed by atoms with Gasteiger partial charge in [0.05, 0.1) is 5.69 Å². The average molecular weight is 355 g/mol. The van der Waals surface area contributed by atoms with Crippen LogP contribution in [-0.4, -0.2) is 12.1 Å². The molecule has 0 aromatic heterocycles. The summed E-state index contributed by atoms with van der Waals surface area (Å²) in [5.74, 6) is -1.49. The van der Waals surface area contributed by atoms with Gasteiger partial charge in [0.25, 0.3) is 0 Å². The number of benzene rings is 1. The van der Waals surface area contributed by atoms with E-state index in [1.54, 1.807) is 12.1 Å². The molecule has 2 rings (SSSR count). The first kappa shape index (κ1) is 12.7. The van der Waals surface area contributed by atoms with E-state index >= 15 is 0 Å². The molecule has 92 valence electrons. The highest BCUT2D eigenvalue weighted by Crippen LogP contribution is 2.41. The fourth-order valence-corrected chi connectivity index (χ4v) is 1.97. The van der Waals surface area contributed by atoms with Gasteiger partial charge in [-0.1, -0.05) is 6.07 Å². The largest absolute Gasteiger partial charge is 0.471 e. The Hall–Kier alpha value is -0.790. The number of amides is 1. The summed E-state index contributed by atoms with van der Waals surface area (Å²) in [5.41, 5.74) is 1.22. The molecule has 1 amide bonds. The Kier molecular flexibility index (Phi) is 3.33. The minimum absolute atomic E-state index is 0.234. The van der Waals surface area contributed by atoms with Crippen LogP contribution in [0.5, 0.6) is 0 Å². The fraction of sp³-hybridized carbons (Fsp3) is 0.364.